The number of hydrogen-bond acceptors (Lipinski definition) is 6. The zero-order valence-corrected chi connectivity index (χ0v) is 18.7. The van der Waals surface area contributed by atoms with E-state index >= 15 is 0 Å². The van der Waals surface area contributed by atoms with Crippen LogP contribution < -0.4 is 11.2 Å². The topological polar surface area (TPSA) is 103 Å². The molecule has 1 atom stereocenters. The number of H-pyrrole nitrogens is 1. The Kier molecular flexibility index (Phi) is 6.46. The van der Waals surface area contributed by atoms with E-state index in [9.17, 15) is 5.21 Å². The van der Waals surface area contributed by atoms with Crippen LogP contribution >= 0.6 is 0 Å². The van der Waals surface area contributed by atoms with Gasteiger partial charge >= 0.3 is 0 Å². The van der Waals surface area contributed by atoms with Gasteiger partial charge in [-0.1, -0.05) is 36.4 Å². The number of hydrogen-bond donors (Lipinski definition) is 4. The van der Waals surface area contributed by atoms with Gasteiger partial charge in [-0.05, 0) is 59.7 Å². The van der Waals surface area contributed by atoms with Crippen molar-refractivity contribution in [3.8, 4) is 0 Å². The van der Waals surface area contributed by atoms with Crippen LogP contribution in [0.5, 0.6) is 0 Å². The molecular weight excluding hydrogens is 412 g/mol. The average Bonchev–Trinajstić information content (AvgIpc) is 3.27. The lowest BCUT2D eigenvalue weighted by atomic mass is 9.90. The van der Waals surface area contributed by atoms with Gasteiger partial charge in [0.25, 0.3) is 0 Å². The minimum Gasteiger partial charge on any atom is -0.341 e. The van der Waals surface area contributed by atoms with Crippen LogP contribution in [0.4, 0.5) is 0 Å². The van der Waals surface area contributed by atoms with E-state index in [1.165, 1.54) is 11.3 Å². The van der Waals surface area contributed by atoms with Crippen LogP contribution in [0.25, 0.3) is 11.0 Å². The molecule has 5 N–H and O–H groups in total. The summed E-state index contributed by atoms with van der Waals surface area (Å²) in [5.41, 5.74) is 16.0. The van der Waals surface area contributed by atoms with E-state index in [-0.39, 0.29) is 6.04 Å². The van der Waals surface area contributed by atoms with Gasteiger partial charge in [0.05, 0.1) is 29.3 Å². The maximum Gasteiger partial charge on any atom is 0.121 e. The third-order valence-corrected chi connectivity index (χ3v) is 6.55. The Morgan fingerprint density at radius 1 is 1.09 bits per heavy atom. The zero-order chi connectivity index (χ0) is 22.6. The Morgan fingerprint density at radius 3 is 2.85 bits per heavy atom. The van der Waals surface area contributed by atoms with Crippen molar-refractivity contribution in [2.24, 2.45) is 5.73 Å². The minimum absolute atomic E-state index is 0.201. The monoisotopic (exact) mass is 442 g/mol. The predicted octanol–water partition coefficient (Wildman–Crippen LogP) is 3.98. The van der Waals surface area contributed by atoms with Crippen molar-refractivity contribution in [2.45, 2.75) is 51.5 Å². The lowest BCUT2D eigenvalue weighted by Crippen LogP contribution is -2.32. The Labute approximate surface area is 193 Å². The fraction of sp³-hybridized carbons (Fsp3) is 0.308. The van der Waals surface area contributed by atoms with Crippen molar-refractivity contribution in [2.75, 3.05) is 0 Å². The Balaban J connectivity index is 1.52. The third-order valence-electron chi connectivity index (χ3n) is 6.55. The summed E-state index contributed by atoms with van der Waals surface area (Å²) in [6.45, 7) is 2.25. The normalized spacial score (nSPS) is 15.8. The van der Waals surface area contributed by atoms with E-state index < -0.39 is 0 Å². The maximum absolute atomic E-state index is 9.42. The molecule has 7 heteroatoms. The van der Waals surface area contributed by atoms with Crippen LogP contribution in [-0.4, -0.2) is 25.1 Å². The van der Waals surface area contributed by atoms with Crippen LogP contribution in [-0.2, 0) is 32.6 Å². The summed E-state index contributed by atoms with van der Waals surface area (Å²) in [5, 5.41) is 9.42. The van der Waals surface area contributed by atoms with E-state index in [4.69, 9.17) is 15.7 Å². The number of fused-ring (bicyclic) bond motifs is 2. The number of rotatable bonds is 8. The smallest absolute Gasteiger partial charge is 0.121 e. The van der Waals surface area contributed by atoms with Crippen LogP contribution in [0.15, 0.2) is 60.8 Å². The largest absolute Gasteiger partial charge is 0.341 e. The number of pyridine rings is 1. The van der Waals surface area contributed by atoms with Gasteiger partial charge < -0.3 is 15.9 Å². The SMILES string of the molecule is NCc1ccc(CN(Cc2nc3ccccc3[nH]2)C2CCCc3cccnc32)c(CNO)c1. The van der Waals surface area contributed by atoms with Gasteiger partial charge in [0.1, 0.15) is 5.82 Å². The van der Waals surface area contributed by atoms with E-state index in [0.29, 0.717) is 19.6 Å². The molecular formula is C26H30N6O. The fourth-order valence-corrected chi connectivity index (χ4v) is 4.92. The van der Waals surface area contributed by atoms with Crippen LogP contribution in [0.3, 0.4) is 0 Å². The second-order valence-corrected chi connectivity index (χ2v) is 8.70. The molecule has 0 bridgehead atoms. The molecule has 0 amide bonds. The molecule has 2 aromatic heterocycles. The first-order chi connectivity index (χ1) is 16.2. The molecule has 5 rings (SSSR count). The quantitative estimate of drug-likeness (QED) is 0.308. The van der Waals surface area contributed by atoms with Gasteiger partial charge in [0.2, 0.25) is 0 Å². The summed E-state index contributed by atoms with van der Waals surface area (Å²) in [7, 11) is 0. The van der Waals surface area contributed by atoms with Crippen LogP contribution in [0.1, 0.15) is 52.7 Å². The molecule has 1 aliphatic rings. The number of aromatic amines is 1. The predicted molar refractivity (Wildman–Crippen MR) is 128 cm³/mol. The fourth-order valence-electron chi connectivity index (χ4n) is 4.92. The van der Waals surface area contributed by atoms with Gasteiger partial charge in [-0.2, -0.15) is 0 Å². The molecule has 2 aromatic carbocycles. The highest BCUT2D eigenvalue weighted by atomic mass is 16.5. The highest BCUT2D eigenvalue weighted by molar-refractivity contribution is 5.74. The molecule has 0 fully saturated rings. The van der Waals surface area contributed by atoms with Crippen molar-refractivity contribution in [1.82, 2.24) is 25.3 Å². The van der Waals surface area contributed by atoms with Crippen molar-refractivity contribution >= 4 is 11.0 Å². The summed E-state index contributed by atoms with van der Waals surface area (Å²) in [6.07, 6.45) is 5.16. The van der Waals surface area contributed by atoms with Gasteiger partial charge in [0, 0.05) is 25.8 Å². The number of aromatic nitrogens is 3. The number of aryl methyl sites for hydroxylation is 1. The third kappa shape index (κ3) is 4.67. The second-order valence-electron chi connectivity index (χ2n) is 8.70. The number of para-hydroxylation sites is 2. The van der Waals surface area contributed by atoms with Crippen molar-refractivity contribution in [1.29, 1.82) is 0 Å². The molecule has 2 heterocycles. The number of nitrogens with zero attached hydrogens (tertiary/aromatic N) is 3. The van der Waals surface area contributed by atoms with Crippen molar-refractivity contribution < 1.29 is 5.21 Å². The first-order valence-electron chi connectivity index (χ1n) is 11.5. The highest BCUT2D eigenvalue weighted by Crippen LogP contribution is 2.35. The summed E-state index contributed by atoms with van der Waals surface area (Å²) in [4.78, 5) is 15.6. The second kappa shape index (κ2) is 9.80. The number of hydroxylamine groups is 1. The molecule has 0 aliphatic heterocycles. The number of benzene rings is 2. The van der Waals surface area contributed by atoms with Crippen molar-refractivity contribution in [3.05, 3.63) is 94.6 Å². The summed E-state index contributed by atoms with van der Waals surface area (Å²) in [6, 6.07) is 18.8. The molecule has 0 saturated carbocycles. The lowest BCUT2D eigenvalue weighted by molar-refractivity contribution is 0.148. The van der Waals surface area contributed by atoms with E-state index in [1.54, 1.807) is 0 Å². The molecule has 0 spiro atoms. The Bertz CT molecular complexity index is 1200. The summed E-state index contributed by atoms with van der Waals surface area (Å²) >= 11 is 0. The summed E-state index contributed by atoms with van der Waals surface area (Å²) < 4.78 is 0. The molecule has 0 saturated heterocycles. The minimum atomic E-state index is 0.201. The highest BCUT2D eigenvalue weighted by Gasteiger charge is 2.28. The van der Waals surface area contributed by atoms with E-state index in [2.05, 4.69) is 45.7 Å². The molecule has 1 unspecified atom stereocenters. The van der Waals surface area contributed by atoms with Gasteiger partial charge in [-0.3, -0.25) is 9.88 Å². The molecule has 0 radical (unpaired) electrons. The molecule has 7 nitrogen and oxygen atoms in total. The standard InChI is InChI=1S/C26H30N6O/c27-14-18-10-11-20(21(13-18)15-29-33)16-32(17-25-30-22-7-1-2-8-23(22)31-25)24-9-3-5-19-6-4-12-28-26(19)24/h1-2,4,6-8,10-13,24,29,33H,3,5,9,14-17,27H2,(H,30,31). The zero-order valence-electron chi connectivity index (χ0n) is 18.7. The van der Waals surface area contributed by atoms with Gasteiger partial charge in [-0.15, -0.1) is 0 Å². The van der Waals surface area contributed by atoms with E-state index in [1.807, 2.05) is 30.5 Å². The number of imidazole rings is 1. The molecule has 1 aliphatic carbocycles. The van der Waals surface area contributed by atoms with Crippen LogP contribution in [0, 0.1) is 0 Å². The average molecular weight is 443 g/mol. The molecule has 170 valence electrons. The van der Waals surface area contributed by atoms with Gasteiger partial charge in [0.15, 0.2) is 0 Å². The summed E-state index contributed by atoms with van der Waals surface area (Å²) in [5.74, 6) is 0.944. The first-order valence-corrected chi connectivity index (χ1v) is 11.5. The number of nitrogens with one attached hydrogen (secondary N) is 2. The van der Waals surface area contributed by atoms with Crippen molar-refractivity contribution in [3.63, 3.8) is 0 Å². The molecule has 33 heavy (non-hydrogen) atoms. The maximum atomic E-state index is 9.42. The Hall–Kier alpha value is -3.10. The first kappa shape index (κ1) is 21.7. The van der Waals surface area contributed by atoms with Crippen LogP contribution in [0.2, 0.25) is 0 Å². The Morgan fingerprint density at radius 2 is 2.00 bits per heavy atom. The van der Waals surface area contributed by atoms with E-state index in [0.717, 1.165) is 59.4 Å². The lowest BCUT2D eigenvalue weighted by Gasteiger charge is -2.35. The number of nitrogens with two attached hydrogens (primary N) is 1. The van der Waals surface area contributed by atoms with Gasteiger partial charge in [-0.25, -0.2) is 10.5 Å². The molecule has 4 aromatic rings.